The molecule has 0 bridgehead atoms. The second-order valence-corrected chi connectivity index (χ2v) is 7.84. The minimum atomic E-state index is -0.268. The number of amides is 3. The fraction of sp³-hybridized carbons (Fsp3) is 0.421. The normalized spacial score (nSPS) is 15.2. The average molecular weight is 372 g/mol. The first-order chi connectivity index (χ1) is 12.4. The van der Waals surface area contributed by atoms with Crippen LogP contribution in [0.25, 0.3) is 0 Å². The van der Waals surface area contributed by atoms with E-state index in [1.54, 1.807) is 16.2 Å². The van der Waals surface area contributed by atoms with E-state index in [0.717, 1.165) is 39.8 Å². The molecule has 1 fully saturated rings. The van der Waals surface area contributed by atoms with Crippen LogP contribution in [0.3, 0.4) is 0 Å². The Labute approximate surface area is 157 Å². The van der Waals surface area contributed by atoms with Crippen LogP contribution in [0.2, 0.25) is 0 Å². The van der Waals surface area contributed by atoms with Gasteiger partial charge in [0, 0.05) is 29.2 Å². The molecule has 0 unspecified atom stereocenters. The average Bonchev–Trinajstić information content (AvgIpc) is 3.14. The zero-order valence-corrected chi connectivity index (χ0v) is 16.4. The second kappa shape index (κ2) is 7.45. The molecule has 1 saturated heterocycles. The Bertz CT molecular complexity index is 846. The summed E-state index contributed by atoms with van der Waals surface area (Å²) >= 11 is 1.60. The number of nitrogens with one attached hydrogen (secondary N) is 2. The van der Waals surface area contributed by atoms with Crippen LogP contribution in [0.5, 0.6) is 0 Å². The number of thiazole rings is 1. The molecular formula is C19H24N4O2S. The molecule has 2 N–H and O–H groups in total. The molecule has 3 rings (SSSR count). The van der Waals surface area contributed by atoms with Crippen molar-refractivity contribution in [3.8, 4) is 0 Å². The van der Waals surface area contributed by atoms with Crippen LogP contribution in [0.1, 0.15) is 46.9 Å². The van der Waals surface area contributed by atoms with Crippen molar-refractivity contribution >= 4 is 34.6 Å². The third-order valence-corrected chi connectivity index (χ3v) is 5.85. The molecule has 1 aromatic carbocycles. The van der Waals surface area contributed by atoms with E-state index in [0.29, 0.717) is 12.1 Å². The summed E-state index contributed by atoms with van der Waals surface area (Å²) in [5.41, 5.74) is 3.43. The number of aromatic nitrogens is 1. The van der Waals surface area contributed by atoms with Gasteiger partial charge in [0.2, 0.25) is 5.91 Å². The molecule has 0 spiro atoms. The molecule has 26 heavy (non-hydrogen) atoms. The van der Waals surface area contributed by atoms with E-state index < -0.39 is 0 Å². The summed E-state index contributed by atoms with van der Waals surface area (Å²) in [6, 6.07) is 5.25. The van der Waals surface area contributed by atoms with Gasteiger partial charge in [-0.3, -0.25) is 4.79 Å². The highest BCUT2D eigenvalue weighted by Crippen LogP contribution is 2.30. The number of urea groups is 1. The van der Waals surface area contributed by atoms with E-state index in [-0.39, 0.29) is 18.0 Å². The molecule has 7 heteroatoms. The van der Waals surface area contributed by atoms with Gasteiger partial charge < -0.3 is 15.5 Å². The molecule has 138 valence electrons. The van der Waals surface area contributed by atoms with Crippen LogP contribution in [-0.2, 0) is 4.79 Å². The van der Waals surface area contributed by atoms with Crippen LogP contribution in [0, 0.1) is 20.8 Å². The Morgan fingerprint density at radius 2 is 2.08 bits per heavy atom. The maximum Gasteiger partial charge on any atom is 0.319 e. The molecule has 6 nitrogen and oxygen atoms in total. The van der Waals surface area contributed by atoms with E-state index in [2.05, 4.69) is 15.6 Å². The molecule has 0 aliphatic carbocycles. The van der Waals surface area contributed by atoms with Crippen LogP contribution < -0.4 is 15.5 Å². The van der Waals surface area contributed by atoms with E-state index in [9.17, 15) is 9.59 Å². The van der Waals surface area contributed by atoms with Crippen molar-refractivity contribution in [3.05, 3.63) is 39.3 Å². The first kappa shape index (κ1) is 18.4. The van der Waals surface area contributed by atoms with E-state index in [4.69, 9.17) is 0 Å². The monoisotopic (exact) mass is 372 g/mol. The maximum absolute atomic E-state index is 12.4. The number of nitrogens with zero attached hydrogens (tertiary/aromatic N) is 2. The van der Waals surface area contributed by atoms with E-state index >= 15 is 0 Å². The predicted molar refractivity (Wildman–Crippen MR) is 105 cm³/mol. The van der Waals surface area contributed by atoms with Gasteiger partial charge in [-0.2, -0.15) is 0 Å². The van der Waals surface area contributed by atoms with Crippen molar-refractivity contribution in [2.24, 2.45) is 0 Å². The van der Waals surface area contributed by atoms with E-state index in [1.165, 1.54) is 0 Å². The Balaban J connectivity index is 1.71. The summed E-state index contributed by atoms with van der Waals surface area (Å²) in [4.78, 5) is 31.7. The van der Waals surface area contributed by atoms with Gasteiger partial charge in [0.1, 0.15) is 0 Å². The SMILES string of the molecule is Cc1nc(C)c([C@H](C)NC(=O)Nc2cccc(N3CCCC3=O)c2C)s1. The summed E-state index contributed by atoms with van der Waals surface area (Å²) in [6.45, 7) is 8.52. The standard InChI is InChI=1S/C19H24N4O2S/c1-11-15(7-5-8-16(11)23-10-6-9-17(23)24)22-19(25)21-13(3)18-12(2)20-14(4)26-18/h5,7-8,13H,6,9-10H2,1-4H3,(H2,21,22,25)/t13-/m0/s1. The highest BCUT2D eigenvalue weighted by Gasteiger charge is 2.24. The lowest BCUT2D eigenvalue weighted by Gasteiger charge is -2.21. The number of hydrogen-bond donors (Lipinski definition) is 2. The lowest BCUT2D eigenvalue weighted by atomic mass is 10.1. The lowest BCUT2D eigenvalue weighted by molar-refractivity contribution is -0.117. The smallest absolute Gasteiger partial charge is 0.319 e. The number of hydrogen-bond acceptors (Lipinski definition) is 4. The summed E-state index contributed by atoms with van der Waals surface area (Å²) in [6.07, 6.45) is 1.46. The summed E-state index contributed by atoms with van der Waals surface area (Å²) in [7, 11) is 0. The van der Waals surface area contributed by atoms with Crippen LogP contribution in [0.4, 0.5) is 16.2 Å². The zero-order chi connectivity index (χ0) is 18.8. The molecule has 1 aromatic heterocycles. The highest BCUT2D eigenvalue weighted by atomic mass is 32.1. The number of anilines is 2. The van der Waals surface area contributed by atoms with Crippen molar-refractivity contribution in [3.63, 3.8) is 0 Å². The molecule has 1 aliphatic heterocycles. The van der Waals surface area contributed by atoms with Crippen LogP contribution in [-0.4, -0.2) is 23.5 Å². The van der Waals surface area contributed by atoms with Crippen molar-refractivity contribution in [1.29, 1.82) is 0 Å². The fourth-order valence-corrected chi connectivity index (χ4v) is 4.25. The van der Waals surface area contributed by atoms with Crippen LogP contribution >= 0.6 is 11.3 Å². The number of aryl methyl sites for hydroxylation is 2. The van der Waals surface area contributed by atoms with E-state index in [1.807, 2.05) is 45.9 Å². The van der Waals surface area contributed by atoms with Gasteiger partial charge in [0.25, 0.3) is 0 Å². The van der Waals surface area contributed by atoms with Gasteiger partial charge in [-0.1, -0.05) is 6.07 Å². The maximum atomic E-state index is 12.4. The summed E-state index contributed by atoms with van der Waals surface area (Å²) in [5, 5.41) is 6.87. The third-order valence-electron chi connectivity index (χ3n) is 4.60. The Morgan fingerprint density at radius 3 is 2.69 bits per heavy atom. The zero-order valence-electron chi connectivity index (χ0n) is 15.5. The fourth-order valence-electron chi connectivity index (χ4n) is 3.32. The number of benzene rings is 1. The number of carbonyl (C=O) groups is 2. The topological polar surface area (TPSA) is 74.3 Å². The summed E-state index contributed by atoms with van der Waals surface area (Å²) < 4.78 is 0. The van der Waals surface area contributed by atoms with Crippen molar-refractivity contribution in [2.75, 3.05) is 16.8 Å². The molecule has 2 heterocycles. The minimum Gasteiger partial charge on any atom is -0.330 e. The van der Waals surface area contributed by atoms with Gasteiger partial charge in [0.15, 0.2) is 0 Å². The van der Waals surface area contributed by atoms with Gasteiger partial charge in [-0.15, -0.1) is 11.3 Å². The third kappa shape index (κ3) is 3.72. The highest BCUT2D eigenvalue weighted by molar-refractivity contribution is 7.11. The van der Waals surface area contributed by atoms with Gasteiger partial charge in [-0.25, -0.2) is 9.78 Å². The Kier molecular flexibility index (Phi) is 5.27. The molecule has 3 amide bonds. The predicted octanol–water partition coefficient (Wildman–Crippen LogP) is 4.08. The first-order valence-corrected chi connectivity index (χ1v) is 9.60. The van der Waals surface area contributed by atoms with Crippen LogP contribution in [0.15, 0.2) is 18.2 Å². The molecule has 2 aromatic rings. The van der Waals surface area contributed by atoms with Crippen molar-refractivity contribution < 1.29 is 9.59 Å². The van der Waals surface area contributed by atoms with Gasteiger partial charge in [0.05, 0.1) is 16.7 Å². The first-order valence-electron chi connectivity index (χ1n) is 8.78. The molecule has 1 atom stereocenters. The molecular weight excluding hydrogens is 348 g/mol. The number of carbonyl (C=O) groups excluding carboxylic acids is 2. The Morgan fingerprint density at radius 1 is 1.31 bits per heavy atom. The molecule has 0 radical (unpaired) electrons. The molecule has 1 aliphatic rings. The second-order valence-electron chi connectivity index (χ2n) is 6.60. The van der Waals surface area contributed by atoms with Crippen molar-refractivity contribution in [2.45, 2.75) is 46.6 Å². The van der Waals surface area contributed by atoms with Crippen molar-refractivity contribution in [1.82, 2.24) is 10.3 Å². The molecule has 0 saturated carbocycles. The summed E-state index contributed by atoms with van der Waals surface area (Å²) in [5.74, 6) is 0.138. The quantitative estimate of drug-likeness (QED) is 0.849. The van der Waals surface area contributed by atoms with Gasteiger partial charge in [-0.05, 0) is 51.8 Å². The lowest BCUT2D eigenvalue weighted by Crippen LogP contribution is -2.31. The Hall–Kier alpha value is -2.41. The minimum absolute atomic E-state index is 0.121. The number of rotatable bonds is 4. The van der Waals surface area contributed by atoms with Gasteiger partial charge >= 0.3 is 6.03 Å². The largest absolute Gasteiger partial charge is 0.330 e.